The van der Waals surface area contributed by atoms with Gasteiger partial charge in [-0.2, -0.15) is 5.10 Å². The smallest absolute Gasteiger partial charge is 0.289 e. The Morgan fingerprint density at radius 1 is 0.949 bits per heavy atom. The second-order valence-electron chi connectivity index (χ2n) is 8.77. The van der Waals surface area contributed by atoms with Gasteiger partial charge in [-0.1, -0.05) is 32.0 Å². The number of sulfone groups is 2. The Morgan fingerprint density at radius 2 is 1.59 bits per heavy atom. The molecule has 0 aliphatic heterocycles. The minimum absolute atomic E-state index is 0.110. The third-order valence-corrected chi connectivity index (χ3v) is 11.0. The van der Waals surface area contributed by atoms with Crippen molar-refractivity contribution in [2.75, 3.05) is 11.5 Å². The number of carbonyl (C=O) groups excluding carboxylic acids is 1. The van der Waals surface area contributed by atoms with Gasteiger partial charge in [-0.15, -0.1) is 0 Å². The molecule has 0 saturated carbocycles. The van der Waals surface area contributed by atoms with Crippen LogP contribution in [0.5, 0.6) is 0 Å². The molecule has 0 spiro atoms. The molecule has 0 unspecified atom stereocenters. The van der Waals surface area contributed by atoms with Gasteiger partial charge in [-0.25, -0.2) is 22.3 Å². The van der Waals surface area contributed by atoms with E-state index < -0.39 is 30.5 Å². The molecule has 0 aliphatic carbocycles. The normalized spacial score (nSPS) is 12.3. The Labute approximate surface area is 241 Å². The van der Waals surface area contributed by atoms with Crippen molar-refractivity contribution in [2.45, 2.75) is 36.5 Å². The van der Waals surface area contributed by atoms with Gasteiger partial charge in [-0.3, -0.25) is 9.78 Å². The average Bonchev–Trinajstić information content (AvgIpc) is 3.27. The van der Waals surface area contributed by atoms with Gasteiger partial charge in [0.05, 0.1) is 23.2 Å². The first-order valence-corrected chi connectivity index (χ1v) is 16.6. The summed E-state index contributed by atoms with van der Waals surface area (Å²) in [5, 5.41) is 4.03. The van der Waals surface area contributed by atoms with Crippen molar-refractivity contribution in [3.63, 3.8) is 0 Å². The Balaban J connectivity index is 1.98. The lowest BCUT2D eigenvalue weighted by molar-refractivity contribution is 0.0945. The molecule has 9 nitrogen and oxygen atoms in total. The van der Waals surface area contributed by atoms with Crippen molar-refractivity contribution in [1.82, 2.24) is 14.8 Å². The molecule has 3 aromatic heterocycles. The summed E-state index contributed by atoms with van der Waals surface area (Å²) in [5.41, 5.74) is 4.39. The summed E-state index contributed by atoms with van der Waals surface area (Å²) in [4.78, 5) is 16.7. The number of nitrogens with one attached hydrogen (secondary N) is 1. The number of pyridine rings is 2. The van der Waals surface area contributed by atoms with Crippen molar-refractivity contribution in [1.29, 1.82) is 0 Å². The molecule has 4 rings (SSSR count). The van der Waals surface area contributed by atoms with Gasteiger partial charge in [0.25, 0.3) is 5.91 Å². The molecule has 1 amide bonds. The van der Waals surface area contributed by atoms with Gasteiger partial charge in [0, 0.05) is 27.7 Å². The third-order valence-electron chi connectivity index (χ3n) is 5.92. The van der Waals surface area contributed by atoms with Gasteiger partial charge < -0.3 is 4.40 Å². The Hall–Kier alpha value is -3.10. The summed E-state index contributed by atoms with van der Waals surface area (Å²) < 4.78 is 56.6. The zero-order valence-corrected chi connectivity index (χ0v) is 25.1. The predicted molar refractivity (Wildman–Crippen MR) is 160 cm³/mol. The summed E-state index contributed by atoms with van der Waals surface area (Å²) in [6.07, 6.45) is 6.70. The molecule has 0 bridgehead atoms. The van der Waals surface area contributed by atoms with Crippen LogP contribution in [0.1, 0.15) is 42.7 Å². The van der Waals surface area contributed by atoms with E-state index in [2.05, 4.69) is 38.1 Å². The Bertz CT molecular complexity index is 1770. The van der Waals surface area contributed by atoms with Crippen LogP contribution in [0, 0.1) is 3.57 Å². The van der Waals surface area contributed by atoms with E-state index in [9.17, 15) is 21.6 Å². The maximum atomic E-state index is 13.6. The quantitative estimate of drug-likeness (QED) is 0.147. The lowest BCUT2D eigenvalue weighted by Crippen LogP contribution is -2.23. The first-order chi connectivity index (χ1) is 18.6. The number of nitrogens with zero attached hydrogens (tertiary/aromatic N) is 3. The number of rotatable bonds is 10. The van der Waals surface area contributed by atoms with E-state index in [-0.39, 0.29) is 40.5 Å². The average molecular weight is 679 g/mol. The molecule has 39 heavy (non-hydrogen) atoms. The van der Waals surface area contributed by atoms with E-state index in [1.807, 2.05) is 24.3 Å². The van der Waals surface area contributed by atoms with Gasteiger partial charge in [0.2, 0.25) is 0 Å². The van der Waals surface area contributed by atoms with Crippen molar-refractivity contribution in [2.24, 2.45) is 5.10 Å². The molecule has 0 saturated heterocycles. The van der Waals surface area contributed by atoms with E-state index >= 15 is 0 Å². The topological polar surface area (TPSA) is 127 Å². The highest BCUT2D eigenvalue weighted by molar-refractivity contribution is 14.1. The number of carbonyl (C=O) groups is 1. The zero-order valence-electron chi connectivity index (χ0n) is 21.3. The minimum atomic E-state index is -4.17. The molecule has 3 heterocycles. The summed E-state index contributed by atoms with van der Waals surface area (Å²) >= 11 is 2.13. The molecule has 12 heteroatoms. The fraction of sp³-hybridized carbons (Fsp3) is 0.222. The predicted octanol–water partition coefficient (Wildman–Crippen LogP) is 4.74. The zero-order chi connectivity index (χ0) is 28.2. The summed E-state index contributed by atoms with van der Waals surface area (Å²) in [6.45, 7) is 3.38. The second kappa shape index (κ2) is 12.0. The van der Waals surface area contributed by atoms with E-state index in [1.54, 1.807) is 50.5 Å². The first kappa shape index (κ1) is 28.9. The van der Waals surface area contributed by atoms with Crippen LogP contribution in [0.3, 0.4) is 0 Å². The summed E-state index contributed by atoms with van der Waals surface area (Å²) in [6, 6.07) is 14.2. The lowest BCUT2D eigenvalue weighted by Gasteiger charge is -2.08. The van der Waals surface area contributed by atoms with E-state index in [4.69, 9.17) is 0 Å². The second-order valence-corrected chi connectivity index (χ2v) is 14.0. The molecule has 4 aromatic rings. The number of hydrogen-bond acceptors (Lipinski definition) is 7. The maximum Gasteiger partial charge on any atom is 0.289 e. The molecule has 1 aromatic carbocycles. The molecule has 204 valence electrons. The minimum Gasteiger partial charge on any atom is -0.310 e. The van der Waals surface area contributed by atoms with Crippen LogP contribution >= 0.6 is 22.6 Å². The van der Waals surface area contributed by atoms with Crippen LogP contribution in [0.4, 0.5) is 0 Å². The van der Waals surface area contributed by atoms with Gasteiger partial charge in [0.1, 0.15) is 15.5 Å². The maximum absolute atomic E-state index is 13.6. The highest BCUT2D eigenvalue weighted by atomic mass is 127. The standard InChI is InChI=1S/C27H27IN4O5S2/c1-3-15-38(34,35)25-23-17-20(19-9-12-29-13-10-19)11-14-32(23)24(26(25)39(36,37)16-4-2)27(33)31-30-18-21-7-5-6-8-22(21)28/h5-14,17-18H,3-4,15-16H2,1-2H3,(H,31,33). The monoisotopic (exact) mass is 678 g/mol. The van der Waals surface area contributed by atoms with E-state index in [0.717, 1.165) is 14.7 Å². The molecule has 0 atom stereocenters. The molecule has 0 fully saturated rings. The molecule has 1 N–H and O–H groups in total. The van der Waals surface area contributed by atoms with E-state index in [1.165, 1.54) is 16.8 Å². The van der Waals surface area contributed by atoms with Crippen molar-refractivity contribution in [3.05, 3.63) is 81.9 Å². The van der Waals surface area contributed by atoms with Gasteiger partial charge >= 0.3 is 0 Å². The molecule has 0 aliphatic rings. The largest absolute Gasteiger partial charge is 0.310 e. The highest BCUT2D eigenvalue weighted by Crippen LogP contribution is 2.36. The SMILES string of the molecule is CCCS(=O)(=O)c1c(S(=O)(=O)CCC)c2cc(-c3ccncc3)ccn2c1C(=O)NN=Cc1ccccc1I. The van der Waals surface area contributed by atoms with Crippen LogP contribution < -0.4 is 5.43 Å². The van der Waals surface area contributed by atoms with Crippen LogP contribution in [0.25, 0.3) is 16.6 Å². The first-order valence-electron chi connectivity index (χ1n) is 12.2. The number of benzene rings is 1. The van der Waals surface area contributed by atoms with Crippen molar-refractivity contribution in [3.8, 4) is 11.1 Å². The van der Waals surface area contributed by atoms with Gasteiger partial charge in [0.15, 0.2) is 19.7 Å². The number of halogens is 1. The molecular formula is C27H27IN4O5S2. The van der Waals surface area contributed by atoms with E-state index in [0.29, 0.717) is 5.56 Å². The number of amides is 1. The fourth-order valence-electron chi connectivity index (χ4n) is 4.26. The number of hydrogen-bond donors (Lipinski definition) is 1. The molecular weight excluding hydrogens is 651 g/mol. The van der Waals surface area contributed by atoms with Crippen molar-refractivity contribution < 1.29 is 21.6 Å². The van der Waals surface area contributed by atoms with Crippen LogP contribution in [0.15, 0.2) is 82.0 Å². The third kappa shape index (κ3) is 6.07. The van der Waals surface area contributed by atoms with Crippen LogP contribution in [0.2, 0.25) is 0 Å². The Kier molecular flexibility index (Phi) is 8.86. The number of fused-ring (bicyclic) bond motifs is 1. The van der Waals surface area contributed by atoms with Gasteiger partial charge in [-0.05, 0) is 76.9 Å². The molecule has 0 radical (unpaired) electrons. The number of hydrazone groups is 1. The number of aromatic nitrogens is 2. The van der Waals surface area contributed by atoms with Crippen molar-refractivity contribution >= 4 is 59.9 Å². The lowest BCUT2D eigenvalue weighted by atomic mass is 10.1. The highest BCUT2D eigenvalue weighted by Gasteiger charge is 2.37. The van der Waals surface area contributed by atoms with Crippen LogP contribution in [-0.4, -0.2) is 49.8 Å². The Morgan fingerprint density at radius 3 is 2.23 bits per heavy atom. The fourth-order valence-corrected chi connectivity index (χ4v) is 8.76. The summed E-state index contributed by atoms with van der Waals surface area (Å²) in [7, 11) is -8.25. The summed E-state index contributed by atoms with van der Waals surface area (Å²) in [5.74, 6) is -1.43. The van der Waals surface area contributed by atoms with Crippen LogP contribution in [-0.2, 0) is 19.7 Å².